The van der Waals surface area contributed by atoms with E-state index in [1.807, 2.05) is 12.1 Å². The highest BCUT2D eigenvalue weighted by molar-refractivity contribution is 5.54. The van der Waals surface area contributed by atoms with Crippen molar-refractivity contribution in [3.05, 3.63) is 29.0 Å². The van der Waals surface area contributed by atoms with E-state index in [9.17, 15) is 0 Å². The monoisotopic (exact) mass is 483 g/mol. The standard InChI is InChI=1S/C27H41N5O3/c1-16-6-11-21-24(17(16)2)26(28)32-27(31-21)30-20-9-7-18(8-10-20)14-29-15-19-12-22(33-3)25(35-5)23(13-19)34-4/h12-13,16-18,20,29H,6-11,14-15H2,1-5H3,(H3,28,30,31,32)/t16-,17-,18?,20?/m1/s1. The van der Waals surface area contributed by atoms with Crippen molar-refractivity contribution >= 4 is 11.8 Å². The van der Waals surface area contributed by atoms with Crippen LogP contribution in [0.15, 0.2) is 12.1 Å². The Morgan fingerprint density at radius 3 is 2.26 bits per heavy atom. The minimum Gasteiger partial charge on any atom is -0.493 e. The number of benzene rings is 1. The lowest BCUT2D eigenvalue weighted by Crippen LogP contribution is -2.32. The molecular weight excluding hydrogens is 442 g/mol. The van der Waals surface area contributed by atoms with Gasteiger partial charge < -0.3 is 30.6 Å². The van der Waals surface area contributed by atoms with Gasteiger partial charge in [0, 0.05) is 18.2 Å². The van der Waals surface area contributed by atoms with Crippen molar-refractivity contribution in [2.24, 2.45) is 11.8 Å². The molecule has 2 aromatic rings. The third-order valence-corrected chi connectivity index (χ3v) is 7.87. The van der Waals surface area contributed by atoms with E-state index in [2.05, 4.69) is 29.5 Å². The fraction of sp³-hybridized carbons (Fsp3) is 0.630. The average molecular weight is 484 g/mol. The maximum Gasteiger partial charge on any atom is 0.225 e. The highest BCUT2D eigenvalue weighted by Gasteiger charge is 2.28. The van der Waals surface area contributed by atoms with E-state index < -0.39 is 0 Å². The molecule has 0 saturated heterocycles. The van der Waals surface area contributed by atoms with Crippen molar-refractivity contribution in [3.8, 4) is 17.2 Å². The number of fused-ring (bicyclic) bond motifs is 1. The molecule has 0 radical (unpaired) electrons. The average Bonchev–Trinajstić information content (AvgIpc) is 2.86. The SMILES string of the molecule is COc1cc(CNCC2CCC(Nc3nc(N)c4c(n3)CC[C@@H](C)[C@H]4C)CC2)cc(OC)c1OC. The van der Waals surface area contributed by atoms with Gasteiger partial charge in [-0.25, -0.2) is 4.98 Å². The minimum absolute atomic E-state index is 0.402. The second kappa shape index (κ2) is 11.3. The summed E-state index contributed by atoms with van der Waals surface area (Å²) >= 11 is 0. The van der Waals surface area contributed by atoms with E-state index in [0.717, 1.165) is 55.6 Å². The number of methoxy groups -OCH3 is 3. The molecule has 1 heterocycles. The van der Waals surface area contributed by atoms with Crippen molar-refractivity contribution in [1.29, 1.82) is 0 Å². The molecule has 192 valence electrons. The van der Waals surface area contributed by atoms with Crippen molar-refractivity contribution < 1.29 is 14.2 Å². The number of aromatic nitrogens is 2. The van der Waals surface area contributed by atoms with Crippen LogP contribution in [-0.4, -0.2) is 43.9 Å². The van der Waals surface area contributed by atoms with Crippen LogP contribution in [0.5, 0.6) is 17.2 Å². The number of hydrogen-bond acceptors (Lipinski definition) is 8. The van der Waals surface area contributed by atoms with E-state index in [0.29, 0.717) is 52.8 Å². The first-order valence-corrected chi connectivity index (χ1v) is 12.9. The summed E-state index contributed by atoms with van der Waals surface area (Å²) in [5, 5.41) is 7.19. The van der Waals surface area contributed by atoms with E-state index in [4.69, 9.17) is 24.9 Å². The lowest BCUT2D eigenvalue weighted by molar-refractivity contribution is 0.319. The quantitative estimate of drug-likeness (QED) is 0.478. The van der Waals surface area contributed by atoms with Crippen LogP contribution in [0, 0.1) is 11.8 Å². The molecule has 2 atom stereocenters. The zero-order valence-corrected chi connectivity index (χ0v) is 21.8. The van der Waals surface area contributed by atoms with Gasteiger partial charge >= 0.3 is 0 Å². The second-order valence-electron chi connectivity index (χ2n) is 10.1. The van der Waals surface area contributed by atoms with E-state index in [1.54, 1.807) is 21.3 Å². The van der Waals surface area contributed by atoms with Gasteiger partial charge in [0.25, 0.3) is 0 Å². The number of nitrogens with one attached hydrogen (secondary N) is 2. The predicted molar refractivity (Wildman–Crippen MR) is 140 cm³/mol. The van der Waals surface area contributed by atoms with Crippen molar-refractivity contribution in [1.82, 2.24) is 15.3 Å². The molecule has 1 saturated carbocycles. The Kier molecular flexibility index (Phi) is 8.21. The summed E-state index contributed by atoms with van der Waals surface area (Å²) in [4.78, 5) is 9.47. The van der Waals surface area contributed by atoms with Crippen LogP contribution in [0.4, 0.5) is 11.8 Å². The van der Waals surface area contributed by atoms with E-state index in [-0.39, 0.29) is 0 Å². The number of anilines is 2. The molecule has 0 spiro atoms. The Hall–Kier alpha value is -2.74. The fourth-order valence-electron chi connectivity index (χ4n) is 5.54. The normalized spacial score (nSPS) is 23.9. The summed E-state index contributed by atoms with van der Waals surface area (Å²) in [5.74, 6) is 5.06. The van der Waals surface area contributed by atoms with E-state index in [1.165, 1.54) is 12.8 Å². The zero-order valence-electron chi connectivity index (χ0n) is 21.8. The summed E-state index contributed by atoms with van der Waals surface area (Å²) < 4.78 is 16.3. The molecule has 4 rings (SSSR count). The first-order valence-electron chi connectivity index (χ1n) is 12.9. The van der Waals surface area contributed by atoms with Gasteiger partial charge in [0.1, 0.15) is 5.82 Å². The first-order chi connectivity index (χ1) is 16.9. The molecule has 2 aliphatic rings. The van der Waals surface area contributed by atoms with Gasteiger partial charge in [-0.3, -0.25) is 0 Å². The molecule has 0 bridgehead atoms. The van der Waals surface area contributed by atoms with Gasteiger partial charge in [0.2, 0.25) is 11.7 Å². The Morgan fingerprint density at radius 1 is 0.943 bits per heavy atom. The molecule has 35 heavy (non-hydrogen) atoms. The lowest BCUT2D eigenvalue weighted by Gasteiger charge is -2.31. The third-order valence-electron chi connectivity index (χ3n) is 7.87. The Labute approximate surface area is 209 Å². The van der Waals surface area contributed by atoms with Crippen LogP contribution in [0.3, 0.4) is 0 Å². The maximum atomic E-state index is 6.36. The molecule has 1 aromatic carbocycles. The fourth-order valence-corrected chi connectivity index (χ4v) is 5.54. The molecule has 1 aromatic heterocycles. The predicted octanol–water partition coefficient (Wildman–Crippen LogP) is 4.53. The highest BCUT2D eigenvalue weighted by atomic mass is 16.5. The summed E-state index contributed by atoms with van der Waals surface area (Å²) in [6.45, 7) is 6.28. The molecule has 8 heteroatoms. The highest BCUT2D eigenvalue weighted by Crippen LogP contribution is 2.39. The number of nitrogens with zero attached hydrogens (tertiary/aromatic N) is 2. The molecule has 0 aliphatic heterocycles. The van der Waals surface area contributed by atoms with Gasteiger partial charge in [0.05, 0.1) is 27.0 Å². The van der Waals surface area contributed by atoms with Crippen LogP contribution in [0.25, 0.3) is 0 Å². The topological polar surface area (TPSA) is 104 Å². The Morgan fingerprint density at radius 2 is 1.63 bits per heavy atom. The molecule has 4 N–H and O–H groups in total. The largest absolute Gasteiger partial charge is 0.493 e. The summed E-state index contributed by atoms with van der Waals surface area (Å²) in [5.41, 5.74) is 9.76. The minimum atomic E-state index is 0.402. The van der Waals surface area contributed by atoms with Crippen LogP contribution in [0.2, 0.25) is 0 Å². The number of aryl methyl sites for hydroxylation is 1. The first kappa shape index (κ1) is 25.4. The molecule has 0 unspecified atom stereocenters. The Bertz CT molecular complexity index is 982. The van der Waals surface area contributed by atoms with E-state index >= 15 is 0 Å². The molecule has 8 nitrogen and oxygen atoms in total. The van der Waals surface area contributed by atoms with Gasteiger partial charge in [-0.2, -0.15) is 4.98 Å². The van der Waals surface area contributed by atoms with Crippen molar-refractivity contribution in [2.45, 2.75) is 70.9 Å². The summed E-state index contributed by atoms with van der Waals surface area (Å²) in [6.07, 6.45) is 6.74. The number of rotatable bonds is 9. The Balaban J connectivity index is 1.26. The van der Waals surface area contributed by atoms with Gasteiger partial charge in [-0.05, 0) is 80.5 Å². The molecule has 1 fully saturated rings. The number of nitrogen functional groups attached to an aromatic ring is 1. The second-order valence-corrected chi connectivity index (χ2v) is 10.1. The molecule has 2 aliphatic carbocycles. The molecular formula is C27H41N5O3. The maximum absolute atomic E-state index is 6.36. The van der Waals surface area contributed by atoms with Gasteiger partial charge in [-0.15, -0.1) is 0 Å². The summed E-state index contributed by atoms with van der Waals surface area (Å²) in [7, 11) is 4.91. The molecule has 0 amide bonds. The number of ether oxygens (including phenoxy) is 3. The third kappa shape index (κ3) is 5.74. The summed E-state index contributed by atoms with van der Waals surface area (Å²) in [6, 6.07) is 4.40. The number of nitrogens with two attached hydrogens (primary N) is 1. The van der Waals surface area contributed by atoms with Crippen LogP contribution >= 0.6 is 0 Å². The zero-order chi connectivity index (χ0) is 24.9. The van der Waals surface area contributed by atoms with Crippen molar-refractivity contribution in [3.63, 3.8) is 0 Å². The van der Waals surface area contributed by atoms with Crippen LogP contribution < -0.4 is 30.6 Å². The number of hydrogen-bond donors (Lipinski definition) is 3. The van der Waals surface area contributed by atoms with Crippen molar-refractivity contribution in [2.75, 3.05) is 38.9 Å². The van der Waals surface area contributed by atoms with Gasteiger partial charge in [0.15, 0.2) is 11.5 Å². The van der Waals surface area contributed by atoms with Crippen LogP contribution in [0.1, 0.15) is 68.7 Å². The van der Waals surface area contributed by atoms with Crippen LogP contribution in [-0.2, 0) is 13.0 Å². The van der Waals surface area contributed by atoms with Gasteiger partial charge in [-0.1, -0.05) is 13.8 Å². The smallest absolute Gasteiger partial charge is 0.225 e. The lowest BCUT2D eigenvalue weighted by atomic mass is 9.79.